The summed E-state index contributed by atoms with van der Waals surface area (Å²) in [4.78, 5) is 12.9. The first-order valence-electron chi connectivity index (χ1n) is 29.9. The van der Waals surface area contributed by atoms with Gasteiger partial charge in [0.25, 0.3) is 0 Å². The van der Waals surface area contributed by atoms with Gasteiger partial charge in [-0.05, 0) is 44.9 Å². The third-order valence-corrected chi connectivity index (χ3v) is 14.1. The summed E-state index contributed by atoms with van der Waals surface area (Å²) in [6.45, 7) is 4.62. The summed E-state index contributed by atoms with van der Waals surface area (Å²) in [5.41, 5.74) is 0. The first-order valence-corrected chi connectivity index (χ1v) is 29.9. The summed E-state index contributed by atoms with van der Waals surface area (Å²) in [5, 5.41) is 40.4. The van der Waals surface area contributed by atoms with Crippen LogP contribution < -0.4 is 0 Å². The Morgan fingerprint density at radius 2 is 0.841 bits per heavy atom. The second-order valence-corrected chi connectivity index (χ2v) is 20.8. The van der Waals surface area contributed by atoms with E-state index in [0.29, 0.717) is 13.0 Å². The largest absolute Gasteiger partial charge is 0.457 e. The number of aliphatic hydroxyl groups is 4. The van der Waals surface area contributed by atoms with Gasteiger partial charge in [-0.3, -0.25) is 4.79 Å². The fourth-order valence-electron chi connectivity index (χ4n) is 9.47. The van der Waals surface area contributed by atoms with Gasteiger partial charge in [0.05, 0.1) is 19.8 Å². The van der Waals surface area contributed by atoms with Crippen LogP contribution in [-0.4, -0.2) is 89.6 Å². The Kier molecular flexibility index (Phi) is 49.1. The van der Waals surface area contributed by atoms with Crippen molar-refractivity contribution in [2.45, 2.75) is 327 Å². The van der Waals surface area contributed by atoms with Crippen LogP contribution in [0.2, 0.25) is 0 Å². The summed E-state index contributed by atoms with van der Waals surface area (Å²) in [6.07, 6.45) is 56.6. The highest BCUT2D eigenvalue weighted by Gasteiger charge is 2.44. The van der Waals surface area contributed by atoms with Gasteiger partial charge >= 0.3 is 5.97 Å². The maximum absolute atomic E-state index is 12.9. The zero-order valence-electron chi connectivity index (χ0n) is 45.3. The fraction of sp³-hybridized carbons (Fsp3) is 0.917. The number of hydrogen-bond donors (Lipinski definition) is 4. The van der Waals surface area contributed by atoms with Crippen molar-refractivity contribution in [1.29, 1.82) is 0 Å². The van der Waals surface area contributed by atoms with Crippen molar-refractivity contribution in [3.63, 3.8) is 0 Å². The van der Waals surface area contributed by atoms with Crippen molar-refractivity contribution < 1.29 is 44.2 Å². The molecular formula is C60H114O9. The Morgan fingerprint density at radius 3 is 1.25 bits per heavy atom. The fourth-order valence-corrected chi connectivity index (χ4v) is 9.47. The summed E-state index contributed by atoms with van der Waals surface area (Å²) < 4.78 is 23.0. The van der Waals surface area contributed by atoms with E-state index < -0.39 is 43.4 Å². The van der Waals surface area contributed by atoms with Crippen molar-refractivity contribution >= 4 is 5.97 Å². The summed E-state index contributed by atoms with van der Waals surface area (Å²) in [6, 6.07) is 0. The van der Waals surface area contributed by atoms with Crippen molar-refractivity contribution in [2.24, 2.45) is 0 Å². The molecule has 6 unspecified atom stereocenters. The number of aliphatic hydroxyl groups excluding tert-OH is 4. The lowest BCUT2D eigenvalue weighted by atomic mass is 9.99. The Morgan fingerprint density at radius 1 is 0.464 bits per heavy atom. The van der Waals surface area contributed by atoms with Crippen molar-refractivity contribution in [1.82, 2.24) is 0 Å². The van der Waals surface area contributed by atoms with E-state index in [-0.39, 0.29) is 19.2 Å². The minimum Gasteiger partial charge on any atom is -0.457 e. The molecule has 1 fully saturated rings. The van der Waals surface area contributed by atoms with Gasteiger partial charge in [0.1, 0.15) is 30.5 Å². The molecule has 0 aromatic carbocycles. The minimum absolute atomic E-state index is 0.108. The molecule has 0 aromatic rings. The summed E-state index contributed by atoms with van der Waals surface area (Å²) in [7, 11) is 0. The van der Waals surface area contributed by atoms with E-state index in [9.17, 15) is 25.2 Å². The van der Waals surface area contributed by atoms with E-state index in [1.807, 2.05) is 0 Å². The molecule has 0 spiro atoms. The number of carbonyl (C=O) groups excluding carboxylic acids is 1. The molecule has 0 aliphatic carbocycles. The molecule has 69 heavy (non-hydrogen) atoms. The molecular weight excluding hydrogens is 865 g/mol. The van der Waals surface area contributed by atoms with Gasteiger partial charge in [-0.2, -0.15) is 0 Å². The summed E-state index contributed by atoms with van der Waals surface area (Å²) >= 11 is 0. The molecule has 1 rings (SSSR count). The molecule has 1 aliphatic rings. The van der Waals surface area contributed by atoms with E-state index in [2.05, 4.69) is 38.2 Å². The van der Waals surface area contributed by atoms with Crippen LogP contribution in [0.3, 0.4) is 0 Å². The Labute approximate surface area is 426 Å². The number of esters is 1. The van der Waals surface area contributed by atoms with Crippen LogP contribution in [0.1, 0.15) is 290 Å². The zero-order chi connectivity index (χ0) is 49.9. The Hall–Kier alpha value is -1.33. The lowest BCUT2D eigenvalue weighted by Crippen LogP contribution is -2.59. The normalized spacial score (nSPS) is 19.1. The third kappa shape index (κ3) is 41.8. The molecule has 9 nitrogen and oxygen atoms in total. The van der Waals surface area contributed by atoms with E-state index in [4.69, 9.17) is 18.9 Å². The maximum atomic E-state index is 12.9. The first kappa shape index (κ1) is 65.7. The highest BCUT2D eigenvalue weighted by molar-refractivity contribution is 5.69. The second kappa shape index (κ2) is 51.6. The monoisotopic (exact) mass is 979 g/mol. The number of carbonyl (C=O) groups is 1. The molecule has 1 aliphatic heterocycles. The molecule has 1 heterocycles. The zero-order valence-corrected chi connectivity index (χ0v) is 45.3. The van der Waals surface area contributed by atoms with Crippen LogP contribution in [0.15, 0.2) is 24.3 Å². The quantitative estimate of drug-likeness (QED) is 0.0267. The lowest BCUT2D eigenvalue weighted by molar-refractivity contribution is -0.305. The highest BCUT2D eigenvalue weighted by Crippen LogP contribution is 2.23. The van der Waals surface area contributed by atoms with E-state index >= 15 is 0 Å². The number of allylic oxidation sites excluding steroid dienone is 4. The molecule has 0 amide bonds. The van der Waals surface area contributed by atoms with Crippen LogP contribution >= 0.6 is 0 Å². The van der Waals surface area contributed by atoms with Crippen molar-refractivity contribution in [2.75, 3.05) is 26.4 Å². The summed E-state index contributed by atoms with van der Waals surface area (Å²) in [5.74, 6) is -0.307. The van der Waals surface area contributed by atoms with Crippen molar-refractivity contribution in [3.8, 4) is 0 Å². The molecule has 0 aromatic heterocycles. The smallest absolute Gasteiger partial charge is 0.306 e. The highest BCUT2D eigenvalue weighted by atomic mass is 16.7. The third-order valence-electron chi connectivity index (χ3n) is 14.1. The first-order chi connectivity index (χ1) is 33.9. The maximum Gasteiger partial charge on any atom is 0.306 e. The van der Waals surface area contributed by atoms with Gasteiger partial charge < -0.3 is 39.4 Å². The van der Waals surface area contributed by atoms with Crippen LogP contribution in [0, 0.1) is 0 Å². The van der Waals surface area contributed by atoms with Crippen LogP contribution in [0.5, 0.6) is 0 Å². The van der Waals surface area contributed by atoms with Gasteiger partial charge in [-0.1, -0.05) is 263 Å². The standard InChI is InChI=1S/C60H114O9/c1-3-5-7-9-11-13-15-17-19-21-23-25-26-27-28-29-31-33-35-37-39-41-43-45-47-49-56(62)68-54(53-67-60-59(65)58(64)57(63)55(51-61)69-60)52-66-50-48-46-44-42-40-38-36-34-32-30-24-22-20-18-16-14-12-10-8-6-4-2/h15,17,21,23,54-55,57-61,63-65H,3-14,16,18-20,22,24-53H2,1-2H3/b17-15-,23-21-. The van der Waals surface area contributed by atoms with Crippen LogP contribution in [-0.2, 0) is 23.7 Å². The van der Waals surface area contributed by atoms with Gasteiger partial charge in [0.2, 0.25) is 0 Å². The van der Waals surface area contributed by atoms with Gasteiger partial charge in [-0.25, -0.2) is 0 Å². The van der Waals surface area contributed by atoms with E-state index in [0.717, 1.165) is 38.5 Å². The van der Waals surface area contributed by atoms with Crippen LogP contribution in [0.25, 0.3) is 0 Å². The lowest BCUT2D eigenvalue weighted by Gasteiger charge is -2.39. The van der Waals surface area contributed by atoms with Gasteiger partial charge in [0, 0.05) is 13.0 Å². The minimum atomic E-state index is -1.53. The SMILES string of the molecule is CCCCCCC/C=C\C/C=C\CCCCCCCCCCCCCCCC(=O)OC(COCCCCCCCCCCCCCCCCCCCCCCC)COC1OC(CO)C(O)C(O)C1O. The average Bonchev–Trinajstić information content (AvgIpc) is 3.35. The Balaban J connectivity index is 2.12. The number of ether oxygens (including phenoxy) is 4. The van der Waals surface area contributed by atoms with Crippen LogP contribution in [0.4, 0.5) is 0 Å². The predicted octanol–water partition coefficient (Wildman–Crippen LogP) is 15.7. The molecule has 1 saturated heterocycles. The molecule has 0 bridgehead atoms. The topological polar surface area (TPSA) is 135 Å². The molecule has 4 N–H and O–H groups in total. The molecule has 6 atom stereocenters. The number of unbranched alkanes of at least 4 members (excludes halogenated alkanes) is 38. The van der Waals surface area contributed by atoms with Gasteiger partial charge in [-0.15, -0.1) is 0 Å². The number of hydrogen-bond acceptors (Lipinski definition) is 9. The van der Waals surface area contributed by atoms with E-state index in [1.54, 1.807) is 0 Å². The second-order valence-electron chi connectivity index (χ2n) is 20.8. The predicted molar refractivity (Wildman–Crippen MR) is 289 cm³/mol. The Bertz CT molecular complexity index is 1110. The molecule has 9 heteroatoms. The van der Waals surface area contributed by atoms with Gasteiger partial charge in [0.15, 0.2) is 6.29 Å². The average molecular weight is 980 g/mol. The molecule has 0 radical (unpaired) electrons. The van der Waals surface area contributed by atoms with Crippen molar-refractivity contribution in [3.05, 3.63) is 24.3 Å². The molecule has 408 valence electrons. The molecule has 0 saturated carbocycles. The number of rotatable bonds is 53. The van der Waals surface area contributed by atoms with E-state index in [1.165, 1.54) is 231 Å².